The van der Waals surface area contributed by atoms with Gasteiger partial charge in [-0.15, -0.1) is 0 Å². The van der Waals surface area contributed by atoms with Crippen LogP contribution in [0.15, 0.2) is 18.5 Å². The molecular formula is C11H15N5O2. The summed E-state index contributed by atoms with van der Waals surface area (Å²) in [4.78, 5) is 24.4. The molecule has 0 aromatic carbocycles. The fourth-order valence-corrected chi connectivity index (χ4v) is 1.88. The number of primary amides is 1. The highest BCUT2D eigenvalue weighted by atomic mass is 16.2. The van der Waals surface area contributed by atoms with Crippen LogP contribution in [-0.2, 0) is 4.79 Å². The molecule has 3 N–H and O–H groups in total. The molecule has 1 aromatic rings. The molecule has 96 valence electrons. The summed E-state index contributed by atoms with van der Waals surface area (Å²) >= 11 is 0. The van der Waals surface area contributed by atoms with Crippen molar-refractivity contribution in [1.82, 2.24) is 15.1 Å². The third-order valence-electron chi connectivity index (χ3n) is 3.22. The summed E-state index contributed by atoms with van der Waals surface area (Å²) < 4.78 is 0. The first-order valence-electron chi connectivity index (χ1n) is 5.67. The minimum atomic E-state index is -0.293. The van der Waals surface area contributed by atoms with E-state index >= 15 is 0 Å². The second-order valence-electron chi connectivity index (χ2n) is 4.40. The van der Waals surface area contributed by atoms with Crippen LogP contribution in [0.4, 0.5) is 10.5 Å². The van der Waals surface area contributed by atoms with E-state index in [1.165, 1.54) is 12.4 Å². The maximum absolute atomic E-state index is 11.9. The molecule has 0 spiro atoms. The molecule has 7 heteroatoms. The van der Waals surface area contributed by atoms with Crippen molar-refractivity contribution in [3.63, 3.8) is 0 Å². The topological polar surface area (TPSA) is 101 Å². The van der Waals surface area contributed by atoms with Gasteiger partial charge >= 0.3 is 6.03 Å². The number of nitrogens with one attached hydrogen (secondary N) is 1. The number of nitrogens with zero attached hydrogens (tertiary/aromatic N) is 3. The summed E-state index contributed by atoms with van der Waals surface area (Å²) in [5, 5.41) is 9.99. The van der Waals surface area contributed by atoms with Crippen LogP contribution in [0.5, 0.6) is 0 Å². The van der Waals surface area contributed by atoms with Crippen molar-refractivity contribution in [3.8, 4) is 0 Å². The number of urea groups is 1. The lowest BCUT2D eigenvalue weighted by molar-refractivity contribution is -0.125. The third kappa shape index (κ3) is 2.55. The van der Waals surface area contributed by atoms with Crippen LogP contribution in [-0.4, -0.2) is 40.1 Å². The van der Waals surface area contributed by atoms with Gasteiger partial charge in [-0.05, 0) is 18.9 Å². The summed E-state index contributed by atoms with van der Waals surface area (Å²) in [6, 6.07) is 1.50. The molecule has 0 atom stereocenters. The average Bonchev–Trinajstić information content (AvgIpc) is 2.27. The molecule has 1 fully saturated rings. The smallest absolute Gasteiger partial charge is 0.321 e. The van der Waals surface area contributed by atoms with E-state index in [1.807, 2.05) is 0 Å². The van der Waals surface area contributed by atoms with Crippen molar-refractivity contribution in [2.75, 3.05) is 12.4 Å². The van der Waals surface area contributed by atoms with Gasteiger partial charge in [0, 0.05) is 19.0 Å². The Morgan fingerprint density at radius 1 is 1.44 bits per heavy atom. The van der Waals surface area contributed by atoms with Gasteiger partial charge in [0.15, 0.2) is 0 Å². The Kier molecular flexibility index (Phi) is 3.40. The van der Waals surface area contributed by atoms with E-state index in [4.69, 9.17) is 5.73 Å². The Morgan fingerprint density at radius 2 is 2.17 bits per heavy atom. The number of nitrogens with two attached hydrogens (primary N) is 1. The molecule has 1 saturated carbocycles. The highest BCUT2D eigenvalue weighted by molar-refractivity contribution is 5.89. The number of rotatable bonds is 3. The number of carbonyl (C=O) groups is 2. The van der Waals surface area contributed by atoms with E-state index in [1.54, 1.807) is 18.0 Å². The molecule has 3 amide bonds. The van der Waals surface area contributed by atoms with Crippen LogP contribution in [0.3, 0.4) is 0 Å². The molecule has 1 aliphatic rings. The van der Waals surface area contributed by atoms with Gasteiger partial charge in [-0.3, -0.25) is 4.79 Å². The molecule has 0 aliphatic heterocycles. The highest BCUT2D eigenvalue weighted by Gasteiger charge is 2.37. The normalized spacial score (nSPS) is 21.8. The van der Waals surface area contributed by atoms with Gasteiger partial charge in [0.2, 0.25) is 5.91 Å². The van der Waals surface area contributed by atoms with Gasteiger partial charge in [-0.25, -0.2) is 4.79 Å². The van der Waals surface area contributed by atoms with Crippen LogP contribution in [0.1, 0.15) is 12.8 Å². The first-order chi connectivity index (χ1) is 8.58. The van der Waals surface area contributed by atoms with Gasteiger partial charge in [-0.2, -0.15) is 10.2 Å². The molecule has 0 radical (unpaired) electrons. The van der Waals surface area contributed by atoms with Gasteiger partial charge in [0.05, 0.1) is 18.1 Å². The second-order valence-corrected chi connectivity index (χ2v) is 4.40. The predicted molar refractivity (Wildman–Crippen MR) is 64.5 cm³/mol. The maximum Gasteiger partial charge on any atom is 0.321 e. The minimum absolute atomic E-state index is 0.0669. The SMILES string of the molecule is CN(C(=O)Nc1ccnnc1)C1CC(C(N)=O)C1. The van der Waals surface area contributed by atoms with E-state index < -0.39 is 0 Å². The van der Waals surface area contributed by atoms with Gasteiger partial charge < -0.3 is 16.0 Å². The van der Waals surface area contributed by atoms with E-state index in [9.17, 15) is 9.59 Å². The largest absolute Gasteiger partial charge is 0.369 e. The van der Waals surface area contributed by atoms with Crippen LogP contribution in [0.2, 0.25) is 0 Å². The van der Waals surface area contributed by atoms with Gasteiger partial charge in [0.25, 0.3) is 0 Å². The average molecular weight is 249 g/mol. The maximum atomic E-state index is 11.9. The zero-order chi connectivity index (χ0) is 13.1. The Balaban J connectivity index is 1.85. The molecule has 7 nitrogen and oxygen atoms in total. The van der Waals surface area contributed by atoms with E-state index in [0.29, 0.717) is 18.5 Å². The fraction of sp³-hybridized carbons (Fsp3) is 0.455. The van der Waals surface area contributed by atoms with E-state index in [-0.39, 0.29) is 23.9 Å². The Bertz CT molecular complexity index is 444. The molecule has 0 bridgehead atoms. The Labute approximate surface area is 104 Å². The number of amides is 3. The van der Waals surface area contributed by atoms with Crippen LogP contribution < -0.4 is 11.1 Å². The molecule has 18 heavy (non-hydrogen) atoms. The molecule has 2 rings (SSSR count). The summed E-state index contributed by atoms with van der Waals surface area (Å²) in [7, 11) is 1.70. The highest BCUT2D eigenvalue weighted by Crippen LogP contribution is 2.30. The number of hydrogen-bond acceptors (Lipinski definition) is 4. The van der Waals surface area contributed by atoms with E-state index in [2.05, 4.69) is 15.5 Å². The zero-order valence-corrected chi connectivity index (χ0v) is 10.0. The van der Waals surface area contributed by atoms with Crippen LogP contribution >= 0.6 is 0 Å². The summed E-state index contributed by atoms with van der Waals surface area (Å²) in [6.07, 6.45) is 4.24. The monoisotopic (exact) mass is 249 g/mol. The molecule has 0 saturated heterocycles. The number of carbonyl (C=O) groups excluding carboxylic acids is 2. The summed E-state index contributed by atoms with van der Waals surface area (Å²) in [5.74, 6) is -0.397. The summed E-state index contributed by atoms with van der Waals surface area (Å²) in [5.41, 5.74) is 5.78. The lowest BCUT2D eigenvalue weighted by Crippen LogP contribution is -2.50. The van der Waals surface area contributed by atoms with Crippen molar-refractivity contribution in [3.05, 3.63) is 18.5 Å². The van der Waals surface area contributed by atoms with Crippen molar-refractivity contribution in [1.29, 1.82) is 0 Å². The lowest BCUT2D eigenvalue weighted by atomic mass is 9.79. The predicted octanol–water partition coefficient (Wildman–Crippen LogP) is 0.204. The minimum Gasteiger partial charge on any atom is -0.369 e. The second kappa shape index (κ2) is 4.99. The van der Waals surface area contributed by atoms with Gasteiger partial charge in [0.1, 0.15) is 0 Å². The number of anilines is 1. The summed E-state index contributed by atoms with van der Waals surface area (Å²) in [6.45, 7) is 0. The first-order valence-corrected chi connectivity index (χ1v) is 5.67. The van der Waals surface area contributed by atoms with Gasteiger partial charge in [-0.1, -0.05) is 0 Å². The molecule has 1 aliphatic carbocycles. The van der Waals surface area contributed by atoms with E-state index in [0.717, 1.165) is 0 Å². The zero-order valence-electron chi connectivity index (χ0n) is 10.0. The first kappa shape index (κ1) is 12.3. The molecule has 0 unspecified atom stereocenters. The van der Waals surface area contributed by atoms with Crippen molar-refractivity contribution >= 4 is 17.6 Å². The molecular weight excluding hydrogens is 234 g/mol. The Hall–Kier alpha value is -2.18. The third-order valence-corrected chi connectivity index (χ3v) is 3.22. The standard InChI is InChI=1S/C11H15N5O2/c1-16(9-4-7(5-9)10(12)17)11(18)15-8-2-3-13-14-6-8/h2-3,6-7,9H,4-5H2,1H3,(H2,12,17)(H,13,15,18). The quantitative estimate of drug-likeness (QED) is 0.799. The fourth-order valence-electron chi connectivity index (χ4n) is 1.88. The van der Waals surface area contributed by atoms with Crippen molar-refractivity contribution in [2.45, 2.75) is 18.9 Å². The van der Waals surface area contributed by atoms with Crippen LogP contribution in [0.25, 0.3) is 0 Å². The van der Waals surface area contributed by atoms with Crippen LogP contribution in [0, 0.1) is 5.92 Å². The molecule has 1 heterocycles. The lowest BCUT2D eigenvalue weighted by Gasteiger charge is -2.39. The molecule has 1 aromatic heterocycles. The number of aromatic nitrogens is 2. The Morgan fingerprint density at radius 3 is 2.72 bits per heavy atom. The number of hydrogen-bond donors (Lipinski definition) is 2. The van der Waals surface area contributed by atoms with Crippen molar-refractivity contribution < 1.29 is 9.59 Å². The van der Waals surface area contributed by atoms with Crippen molar-refractivity contribution in [2.24, 2.45) is 11.7 Å².